The van der Waals surface area contributed by atoms with Gasteiger partial charge in [-0.05, 0) is 19.1 Å². The first kappa shape index (κ1) is 12.9. The van der Waals surface area contributed by atoms with Crippen molar-refractivity contribution < 1.29 is 9.53 Å². The summed E-state index contributed by atoms with van der Waals surface area (Å²) in [6.45, 7) is 2.02. The number of carbonyl (C=O) groups is 1. The first-order valence-corrected chi connectivity index (χ1v) is 6.83. The molecule has 1 amide bonds. The third-order valence-corrected chi connectivity index (χ3v) is 4.00. The molecule has 1 aromatic heterocycles. The number of nitrogens with zero attached hydrogens (tertiary/aromatic N) is 1. The highest BCUT2D eigenvalue weighted by molar-refractivity contribution is 9.10. The maximum absolute atomic E-state index is 11.4. The van der Waals surface area contributed by atoms with Crippen LogP contribution in [-0.4, -0.2) is 12.7 Å². The number of nitriles is 1. The number of hydrogen-bond donors (Lipinski definition) is 1. The van der Waals surface area contributed by atoms with Crippen LogP contribution >= 0.6 is 27.3 Å². The van der Waals surface area contributed by atoms with E-state index in [2.05, 4.69) is 27.3 Å². The van der Waals surface area contributed by atoms with E-state index in [4.69, 9.17) is 4.74 Å². The highest BCUT2D eigenvalue weighted by atomic mass is 79.9. The second-order valence-electron chi connectivity index (χ2n) is 3.38. The largest absolute Gasteiger partial charge is 0.450 e. The monoisotopic (exact) mass is 324 g/mol. The number of nitrogens with one attached hydrogen (secondary N) is 1. The molecule has 0 fully saturated rings. The summed E-state index contributed by atoms with van der Waals surface area (Å²) in [5.74, 6) is 0. The lowest BCUT2D eigenvalue weighted by atomic mass is 10.2. The summed E-state index contributed by atoms with van der Waals surface area (Å²) in [6.07, 6.45) is -0.545. The highest BCUT2D eigenvalue weighted by Crippen LogP contribution is 2.39. The molecule has 0 spiro atoms. The van der Waals surface area contributed by atoms with Gasteiger partial charge in [-0.15, -0.1) is 11.3 Å². The Hall–Kier alpha value is -1.58. The van der Waals surface area contributed by atoms with Crippen molar-refractivity contribution in [2.75, 3.05) is 11.9 Å². The first-order chi connectivity index (χ1) is 8.67. The van der Waals surface area contributed by atoms with E-state index >= 15 is 0 Å². The van der Waals surface area contributed by atoms with Gasteiger partial charge >= 0.3 is 6.09 Å². The molecule has 1 aromatic carbocycles. The standard InChI is InChI=1S/C12H9BrN2O2S/c1-2-17-12(16)15-11-7(6-14)10-8(13)4-3-5-9(10)18-11/h3-5H,2H2,1H3,(H,15,16). The maximum Gasteiger partial charge on any atom is 0.412 e. The minimum Gasteiger partial charge on any atom is -0.450 e. The van der Waals surface area contributed by atoms with E-state index in [1.807, 2.05) is 18.2 Å². The van der Waals surface area contributed by atoms with Crippen LogP contribution in [0, 0.1) is 11.3 Å². The van der Waals surface area contributed by atoms with Crippen LogP contribution in [0.4, 0.5) is 9.80 Å². The molecule has 6 heteroatoms. The van der Waals surface area contributed by atoms with E-state index in [0.717, 1.165) is 14.6 Å². The summed E-state index contributed by atoms with van der Waals surface area (Å²) in [5, 5.41) is 13.1. The van der Waals surface area contributed by atoms with Crippen LogP contribution in [0.15, 0.2) is 22.7 Å². The van der Waals surface area contributed by atoms with E-state index in [0.29, 0.717) is 17.2 Å². The summed E-state index contributed by atoms with van der Waals surface area (Å²) >= 11 is 4.76. The molecule has 2 rings (SSSR count). The van der Waals surface area contributed by atoms with Crippen molar-refractivity contribution in [3.05, 3.63) is 28.2 Å². The zero-order valence-electron chi connectivity index (χ0n) is 9.49. The second-order valence-corrected chi connectivity index (χ2v) is 5.28. The van der Waals surface area contributed by atoms with Crippen LogP contribution in [0.1, 0.15) is 12.5 Å². The normalized spacial score (nSPS) is 10.1. The molecule has 0 bridgehead atoms. The zero-order valence-corrected chi connectivity index (χ0v) is 11.9. The van der Waals surface area contributed by atoms with Gasteiger partial charge in [-0.25, -0.2) is 4.79 Å². The summed E-state index contributed by atoms with van der Waals surface area (Å²) in [7, 11) is 0. The van der Waals surface area contributed by atoms with E-state index in [1.54, 1.807) is 6.92 Å². The van der Waals surface area contributed by atoms with Crippen molar-refractivity contribution in [3.8, 4) is 6.07 Å². The number of rotatable bonds is 2. The van der Waals surface area contributed by atoms with Gasteiger partial charge in [0.15, 0.2) is 0 Å². The van der Waals surface area contributed by atoms with Crippen LogP contribution in [0.3, 0.4) is 0 Å². The number of thiophene rings is 1. The van der Waals surface area contributed by atoms with E-state index < -0.39 is 6.09 Å². The Balaban J connectivity index is 2.49. The third-order valence-electron chi connectivity index (χ3n) is 2.27. The molecule has 0 atom stereocenters. The second kappa shape index (κ2) is 5.38. The Kier molecular flexibility index (Phi) is 3.84. The molecule has 1 heterocycles. The van der Waals surface area contributed by atoms with Gasteiger partial charge in [0.05, 0.1) is 12.2 Å². The Morgan fingerprint density at radius 3 is 3.06 bits per heavy atom. The van der Waals surface area contributed by atoms with Crippen molar-refractivity contribution in [2.45, 2.75) is 6.92 Å². The van der Waals surface area contributed by atoms with Crippen LogP contribution in [-0.2, 0) is 4.74 Å². The van der Waals surface area contributed by atoms with Gasteiger partial charge in [-0.3, -0.25) is 5.32 Å². The Labute approximate surface area is 116 Å². The smallest absolute Gasteiger partial charge is 0.412 e. The summed E-state index contributed by atoms with van der Waals surface area (Å²) in [6, 6.07) is 7.77. The lowest BCUT2D eigenvalue weighted by molar-refractivity contribution is 0.168. The highest BCUT2D eigenvalue weighted by Gasteiger charge is 2.16. The van der Waals surface area contributed by atoms with Gasteiger partial charge in [0.1, 0.15) is 11.1 Å². The van der Waals surface area contributed by atoms with E-state index in [-0.39, 0.29) is 0 Å². The molecule has 0 saturated heterocycles. The van der Waals surface area contributed by atoms with E-state index in [1.165, 1.54) is 11.3 Å². The number of benzene rings is 1. The van der Waals surface area contributed by atoms with Gasteiger partial charge in [0.2, 0.25) is 0 Å². The molecule has 18 heavy (non-hydrogen) atoms. The number of hydrogen-bond acceptors (Lipinski definition) is 4. The van der Waals surface area contributed by atoms with Gasteiger partial charge in [0, 0.05) is 14.6 Å². The number of halogens is 1. The zero-order chi connectivity index (χ0) is 13.1. The predicted octanol–water partition coefficient (Wildman–Crippen LogP) is 4.10. The van der Waals surface area contributed by atoms with E-state index in [9.17, 15) is 10.1 Å². The molecule has 0 saturated carbocycles. The molecular weight excluding hydrogens is 316 g/mol. The number of ether oxygens (including phenoxy) is 1. The van der Waals surface area contributed by atoms with Gasteiger partial charge in [-0.1, -0.05) is 22.0 Å². The van der Waals surface area contributed by atoms with Crippen molar-refractivity contribution >= 4 is 48.4 Å². The number of anilines is 1. The molecular formula is C12H9BrN2O2S. The minimum atomic E-state index is -0.545. The number of fused-ring (bicyclic) bond motifs is 1. The molecule has 1 N–H and O–H groups in total. The Morgan fingerprint density at radius 1 is 1.61 bits per heavy atom. The fourth-order valence-corrected chi connectivity index (χ4v) is 3.32. The van der Waals surface area contributed by atoms with Crippen LogP contribution in [0.25, 0.3) is 10.1 Å². The molecule has 0 aliphatic heterocycles. The minimum absolute atomic E-state index is 0.294. The van der Waals surface area contributed by atoms with Crippen LogP contribution < -0.4 is 5.32 Å². The summed E-state index contributed by atoms with van der Waals surface area (Å²) < 4.78 is 6.58. The molecule has 4 nitrogen and oxygen atoms in total. The summed E-state index contributed by atoms with van der Waals surface area (Å²) in [5.41, 5.74) is 0.454. The molecule has 0 radical (unpaired) electrons. The van der Waals surface area contributed by atoms with Crippen LogP contribution in [0.5, 0.6) is 0 Å². The van der Waals surface area contributed by atoms with Gasteiger partial charge in [-0.2, -0.15) is 5.26 Å². The average molecular weight is 325 g/mol. The van der Waals surface area contributed by atoms with Crippen molar-refractivity contribution in [3.63, 3.8) is 0 Å². The SMILES string of the molecule is CCOC(=O)Nc1sc2cccc(Br)c2c1C#N. The van der Waals surface area contributed by atoms with Crippen molar-refractivity contribution in [1.29, 1.82) is 5.26 Å². The molecule has 0 aliphatic carbocycles. The summed E-state index contributed by atoms with van der Waals surface area (Å²) in [4.78, 5) is 11.4. The molecule has 0 unspecified atom stereocenters. The number of carbonyl (C=O) groups excluding carboxylic acids is 1. The average Bonchev–Trinajstić information content (AvgIpc) is 2.68. The van der Waals surface area contributed by atoms with Gasteiger partial charge in [0.25, 0.3) is 0 Å². The quantitative estimate of drug-likeness (QED) is 0.904. The first-order valence-electron chi connectivity index (χ1n) is 5.22. The van der Waals surface area contributed by atoms with Crippen molar-refractivity contribution in [1.82, 2.24) is 0 Å². The third kappa shape index (κ3) is 2.33. The Bertz CT molecular complexity index is 645. The fourth-order valence-electron chi connectivity index (χ4n) is 1.56. The molecule has 2 aromatic rings. The molecule has 0 aliphatic rings. The Morgan fingerprint density at radius 2 is 2.39 bits per heavy atom. The van der Waals surface area contributed by atoms with Crippen molar-refractivity contribution in [2.24, 2.45) is 0 Å². The predicted molar refractivity (Wildman–Crippen MR) is 74.9 cm³/mol. The molecule has 92 valence electrons. The lowest BCUT2D eigenvalue weighted by Gasteiger charge is -2.02. The maximum atomic E-state index is 11.4. The van der Waals surface area contributed by atoms with Crippen LogP contribution in [0.2, 0.25) is 0 Å². The number of amides is 1. The van der Waals surface area contributed by atoms with Gasteiger partial charge < -0.3 is 4.74 Å². The lowest BCUT2D eigenvalue weighted by Crippen LogP contribution is -2.12. The fraction of sp³-hybridized carbons (Fsp3) is 0.167. The topological polar surface area (TPSA) is 62.1 Å².